The van der Waals surface area contributed by atoms with Gasteiger partial charge in [0, 0.05) is 11.3 Å². The number of halogens is 2. The van der Waals surface area contributed by atoms with Crippen LogP contribution < -0.4 is 11.1 Å². The van der Waals surface area contributed by atoms with Gasteiger partial charge >= 0.3 is 11.8 Å². The Morgan fingerprint density at radius 2 is 2.25 bits per heavy atom. The van der Waals surface area contributed by atoms with Crippen molar-refractivity contribution in [3.63, 3.8) is 0 Å². The topological polar surface area (TPSA) is 86.4 Å². The smallest absolute Gasteiger partial charge is 0.437 e. The average Bonchev–Trinajstić information content (AvgIpc) is 2.89. The standard InChI is InChI=1S/C15H15F2N3O4/c1-2-23-14(21)18-11-6-3-5-10(9-11)13-19-20(15(22)24-13)8-4-7-12(16)17/h3,5-7,9H,2,4,8H2,1H3,(H,18,21). The molecule has 1 aromatic carbocycles. The molecule has 0 fully saturated rings. The van der Waals surface area contributed by atoms with Crippen LogP contribution >= 0.6 is 0 Å². The van der Waals surface area contributed by atoms with E-state index in [0.29, 0.717) is 17.3 Å². The van der Waals surface area contributed by atoms with E-state index in [1.807, 2.05) is 0 Å². The van der Waals surface area contributed by atoms with E-state index in [-0.39, 0.29) is 25.5 Å². The highest BCUT2D eigenvalue weighted by atomic mass is 19.3. The molecule has 0 saturated heterocycles. The first-order valence-corrected chi connectivity index (χ1v) is 7.13. The lowest BCUT2D eigenvalue weighted by molar-refractivity contribution is 0.168. The molecule has 24 heavy (non-hydrogen) atoms. The first kappa shape index (κ1) is 17.4. The minimum Gasteiger partial charge on any atom is -0.450 e. The van der Waals surface area contributed by atoms with Crippen LogP contribution in [0.25, 0.3) is 11.5 Å². The van der Waals surface area contributed by atoms with Crippen molar-refractivity contribution in [1.82, 2.24) is 9.78 Å². The van der Waals surface area contributed by atoms with Crippen molar-refractivity contribution in [2.24, 2.45) is 0 Å². The molecule has 0 unspecified atom stereocenters. The predicted molar refractivity (Wildman–Crippen MR) is 81.8 cm³/mol. The van der Waals surface area contributed by atoms with E-state index in [9.17, 15) is 18.4 Å². The highest BCUT2D eigenvalue weighted by Crippen LogP contribution is 2.20. The highest BCUT2D eigenvalue weighted by Gasteiger charge is 2.11. The Balaban J connectivity index is 2.15. The molecular formula is C15H15F2N3O4. The van der Waals surface area contributed by atoms with Crippen LogP contribution in [0.15, 0.2) is 45.6 Å². The monoisotopic (exact) mass is 339 g/mol. The fourth-order valence-corrected chi connectivity index (χ4v) is 1.88. The van der Waals surface area contributed by atoms with Gasteiger partial charge in [-0.1, -0.05) is 6.07 Å². The largest absolute Gasteiger partial charge is 0.450 e. The van der Waals surface area contributed by atoms with Gasteiger partial charge in [-0.25, -0.2) is 9.59 Å². The first-order chi connectivity index (χ1) is 11.5. The molecule has 0 aliphatic heterocycles. The third-order valence-electron chi connectivity index (χ3n) is 2.88. The molecule has 0 bridgehead atoms. The number of hydrogen-bond donors (Lipinski definition) is 1. The van der Waals surface area contributed by atoms with Crippen molar-refractivity contribution >= 4 is 11.8 Å². The molecule has 9 heteroatoms. The summed E-state index contributed by atoms with van der Waals surface area (Å²) in [4.78, 5) is 23.1. The van der Waals surface area contributed by atoms with Gasteiger partial charge < -0.3 is 9.15 Å². The molecule has 0 saturated carbocycles. The maximum absolute atomic E-state index is 12.0. The van der Waals surface area contributed by atoms with E-state index < -0.39 is 17.9 Å². The van der Waals surface area contributed by atoms with E-state index in [1.165, 1.54) is 0 Å². The zero-order valence-electron chi connectivity index (χ0n) is 12.8. The molecule has 2 aromatic rings. The van der Waals surface area contributed by atoms with Gasteiger partial charge in [-0.15, -0.1) is 5.10 Å². The van der Waals surface area contributed by atoms with Gasteiger partial charge in [0.15, 0.2) is 0 Å². The van der Waals surface area contributed by atoms with Crippen LogP contribution in [0.5, 0.6) is 0 Å². The Morgan fingerprint density at radius 1 is 1.46 bits per heavy atom. The maximum atomic E-state index is 12.0. The zero-order chi connectivity index (χ0) is 17.5. The number of ether oxygens (including phenoxy) is 1. The molecule has 0 atom stereocenters. The number of amides is 1. The van der Waals surface area contributed by atoms with Gasteiger partial charge in [-0.3, -0.25) is 5.32 Å². The summed E-state index contributed by atoms with van der Waals surface area (Å²) in [5, 5.41) is 6.47. The number of aryl methyl sites for hydroxylation is 1. The summed E-state index contributed by atoms with van der Waals surface area (Å²) in [7, 11) is 0. The van der Waals surface area contributed by atoms with Crippen LogP contribution in [-0.4, -0.2) is 22.5 Å². The third-order valence-corrected chi connectivity index (χ3v) is 2.88. The molecule has 0 aliphatic rings. The molecule has 1 heterocycles. The molecule has 7 nitrogen and oxygen atoms in total. The average molecular weight is 339 g/mol. The third kappa shape index (κ3) is 4.77. The van der Waals surface area contributed by atoms with E-state index in [0.717, 1.165) is 4.68 Å². The van der Waals surface area contributed by atoms with Gasteiger partial charge in [0.25, 0.3) is 6.08 Å². The van der Waals surface area contributed by atoms with Crippen LogP contribution in [-0.2, 0) is 11.3 Å². The molecular weight excluding hydrogens is 324 g/mol. The highest BCUT2D eigenvalue weighted by molar-refractivity contribution is 5.85. The Labute approximate surface area is 135 Å². The normalized spacial score (nSPS) is 10.3. The number of nitrogens with zero attached hydrogens (tertiary/aromatic N) is 2. The summed E-state index contributed by atoms with van der Waals surface area (Å²) < 4.78 is 34.7. The molecule has 2 rings (SSSR count). The number of carbonyl (C=O) groups is 1. The molecule has 0 radical (unpaired) electrons. The SMILES string of the molecule is CCOC(=O)Nc1cccc(-c2nn(CCC=C(F)F)c(=O)o2)c1. The second-order valence-corrected chi connectivity index (χ2v) is 4.60. The van der Waals surface area contributed by atoms with Crippen molar-refractivity contribution in [1.29, 1.82) is 0 Å². The van der Waals surface area contributed by atoms with Gasteiger partial charge in [-0.05, 0) is 37.6 Å². The quantitative estimate of drug-likeness (QED) is 0.873. The van der Waals surface area contributed by atoms with Crippen LogP contribution in [0.2, 0.25) is 0 Å². The van der Waals surface area contributed by atoms with E-state index >= 15 is 0 Å². The van der Waals surface area contributed by atoms with Crippen molar-refractivity contribution in [2.45, 2.75) is 19.9 Å². The number of anilines is 1. The predicted octanol–water partition coefficient (Wildman–Crippen LogP) is 3.24. The number of benzene rings is 1. The second-order valence-electron chi connectivity index (χ2n) is 4.60. The maximum Gasteiger partial charge on any atom is 0.437 e. The summed E-state index contributed by atoms with van der Waals surface area (Å²) in [5.74, 6) is -0.723. The van der Waals surface area contributed by atoms with Crippen molar-refractivity contribution in [3.05, 3.63) is 47.0 Å². The lowest BCUT2D eigenvalue weighted by atomic mass is 10.2. The Kier molecular flexibility index (Phi) is 5.83. The van der Waals surface area contributed by atoms with Crippen LogP contribution in [0, 0.1) is 0 Å². The Hall–Kier alpha value is -2.97. The molecule has 1 N–H and O–H groups in total. The van der Waals surface area contributed by atoms with E-state index in [4.69, 9.17) is 9.15 Å². The molecule has 128 valence electrons. The number of aromatic nitrogens is 2. The minimum absolute atomic E-state index is 0.0252. The van der Waals surface area contributed by atoms with Crippen molar-refractivity contribution in [2.75, 3.05) is 11.9 Å². The summed E-state index contributed by atoms with van der Waals surface area (Å²) in [6, 6.07) is 6.45. The molecule has 0 spiro atoms. The first-order valence-electron chi connectivity index (χ1n) is 7.13. The Morgan fingerprint density at radius 3 is 2.96 bits per heavy atom. The second kappa shape index (κ2) is 8.04. The van der Waals surface area contributed by atoms with Crippen LogP contribution in [0.4, 0.5) is 19.3 Å². The molecule has 1 aromatic heterocycles. The van der Waals surface area contributed by atoms with Gasteiger partial charge in [0.2, 0.25) is 5.89 Å². The minimum atomic E-state index is -1.82. The number of carbonyl (C=O) groups excluding carboxylic acids is 1. The van der Waals surface area contributed by atoms with Gasteiger partial charge in [0.1, 0.15) is 0 Å². The fraction of sp³-hybridized carbons (Fsp3) is 0.267. The number of rotatable bonds is 6. The number of hydrogen-bond acceptors (Lipinski definition) is 5. The van der Waals surface area contributed by atoms with E-state index in [2.05, 4.69) is 10.4 Å². The zero-order valence-corrected chi connectivity index (χ0v) is 12.8. The summed E-state index contributed by atoms with van der Waals surface area (Å²) in [5.41, 5.74) is 0.887. The van der Waals surface area contributed by atoms with Gasteiger partial charge in [0.05, 0.1) is 13.2 Å². The lowest BCUT2D eigenvalue weighted by Crippen LogP contribution is -2.15. The number of allylic oxidation sites excluding steroid dienone is 1. The van der Waals surface area contributed by atoms with E-state index in [1.54, 1.807) is 31.2 Å². The van der Waals surface area contributed by atoms with Crippen LogP contribution in [0.3, 0.4) is 0 Å². The Bertz CT molecular complexity index is 794. The van der Waals surface area contributed by atoms with Crippen molar-refractivity contribution < 1.29 is 22.7 Å². The summed E-state index contributed by atoms with van der Waals surface area (Å²) in [6.45, 7) is 1.89. The molecule has 0 aliphatic carbocycles. The van der Waals surface area contributed by atoms with Gasteiger partial charge in [-0.2, -0.15) is 13.5 Å². The fourth-order valence-electron chi connectivity index (χ4n) is 1.88. The molecule has 1 amide bonds. The summed E-state index contributed by atoms with van der Waals surface area (Å²) >= 11 is 0. The summed E-state index contributed by atoms with van der Waals surface area (Å²) in [6.07, 6.45) is -1.77. The van der Waals surface area contributed by atoms with Crippen molar-refractivity contribution in [3.8, 4) is 11.5 Å². The van der Waals surface area contributed by atoms with Crippen LogP contribution in [0.1, 0.15) is 13.3 Å². The number of nitrogens with one attached hydrogen (secondary N) is 1. The lowest BCUT2D eigenvalue weighted by Gasteiger charge is -2.05.